The highest BCUT2D eigenvalue weighted by Gasteiger charge is 2.16. The van der Waals surface area contributed by atoms with Gasteiger partial charge in [-0.3, -0.25) is 14.4 Å². The van der Waals surface area contributed by atoms with Crippen molar-refractivity contribution in [2.75, 3.05) is 6.61 Å². The van der Waals surface area contributed by atoms with Gasteiger partial charge in [-0.15, -0.1) is 0 Å². The molecule has 25 heavy (non-hydrogen) atoms. The van der Waals surface area contributed by atoms with Gasteiger partial charge in [0.1, 0.15) is 12.1 Å². The molecule has 0 aliphatic carbocycles. The lowest BCUT2D eigenvalue weighted by Crippen LogP contribution is -2.20. The van der Waals surface area contributed by atoms with Crippen molar-refractivity contribution in [2.24, 2.45) is 0 Å². The first-order valence-electron chi connectivity index (χ1n) is 6.72. The van der Waals surface area contributed by atoms with Gasteiger partial charge in [-0.05, 0) is 18.2 Å². The van der Waals surface area contributed by atoms with Crippen LogP contribution in [0.15, 0.2) is 34.0 Å². The lowest BCUT2D eigenvalue weighted by atomic mass is 10.2. The fraction of sp³-hybridized carbons (Fsp3) is 0.133. The van der Waals surface area contributed by atoms with E-state index in [0.29, 0.717) is 0 Å². The second-order valence-corrected chi connectivity index (χ2v) is 4.89. The maximum absolute atomic E-state index is 12.3. The summed E-state index contributed by atoms with van der Waals surface area (Å²) in [6.07, 6.45) is 0.864. The number of carboxylic acids is 3. The summed E-state index contributed by atoms with van der Waals surface area (Å²) >= 11 is 0. The van der Waals surface area contributed by atoms with Gasteiger partial charge in [0.25, 0.3) is 0 Å². The van der Waals surface area contributed by atoms with E-state index in [2.05, 4.69) is 0 Å². The Balaban J connectivity index is 2.86. The van der Waals surface area contributed by atoms with Gasteiger partial charge in [0.05, 0.1) is 10.9 Å². The van der Waals surface area contributed by atoms with Crippen LogP contribution in [-0.2, 0) is 16.1 Å². The number of rotatable bonds is 6. The number of aromatic nitrogens is 1. The van der Waals surface area contributed by atoms with E-state index in [1.165, 1.54) is 0 Å². The Kier molecular flexibility index (Phi) is 4.82. The Morgan fingerprint density at radius 1 is 1.04 bits per heavy atom. The van der Waals surface area contributed by atoms with Crippen LogP contribution in [0, 0.1) is 0 Å². The Hall–Kier alpha value is -3.69. The SMILES string of the molecule is O=C(O)COc1cc2c(=O)c(C(=O)O)cn(CC(=O)O)c2ccc1=O. The third kappa shape index (κ3) is 3.80. The Labute approximate surface area is 138 Å². The fourth-order valence-corrected chi connectivity index (χ4v) is 2.15. The molecular weight excluding hydrogens is 338 g/mol. The van der Waals surface area contributed by atoms with Crippen molar-refractivity contribution in [3.8, 4) is 5.75 Å². The van der Waals surface area contributed by atoms with E-state index in [1.54, 1.807) is 0 Å². The third-order valence-corrected chi connectivity index (χ3v) is 3.16. The molecule has 0 bridgehead atoms. The molecule has 0 radical (unpaired) electrons. The third-order valence-electron chi connectivity index (χ3n) is 3.16. The van der Waals surface area contributed by atoms with Crippen molar-refractivity contribution in [1.82, 2.24) is 4.57 Å². The van der Waals surface area contributed by atoms with Crippen LogP contribution in [0.3, 0.4) is 0 Å². The largest absolute Gasteiger partial charge is 0.480 e. The van der Waals surface area contributed by atoms with Crippen molar-refractivity contribution in [3.05, 3.63) is 50.4 Å². The minimum Gasteiger partial charge on any atom is -0.480 e. The number of nitrogens with zero attached hydrogens (tertiary/aromatic N) is 1. The molecule has 1 heterocycles. The topological polar surface area (TPSA) is 160 Å². The number of pyridine rings is 1. The second kappa shape index (κ2) is 6.83. The van der Waals surface area contributed by atoms with Crippen LogP contribution in [-0.4, -0.2) is 44.4 Å². The Morgan fingerprint density at radius 3 is 2.28 bits per heavy atom. The molecule has 0 saturated carbocycles. The zero-order valence-electron chi connectivity index (χ0n) is 12.5. The minimum atomic E-state index is -1.58. The van der Waals surface area contributed by atoms with Crippen LogP contribution in [0.5, 0.6) is 5.75 Å². The molecule has 0 aliphatic rings. The molecule has 2 rings (SSSR count). The average Bonchev–Trinajstić information content (AvgIpc) is 2.67. The summed E-state index contributed by atoms with van der Waals surface area (Å²) in [5.74, 6) is -4.70. The van der Waals surface area contributed by atoms with E-state index in [0.717, 1.165) is 29.0 Å². The normalized spacial score (nSPS) is 10.4. The molecule has 0 saturated heterocycles. The molecule has 1 aromatic carbocycles. The van der Waals surface area contributed by atoms with Crippen LogP contribution >= 0.6 is 0 Å². The van der Waals surface area contributed by atoms with Gasteiger partial charge in [0, 0.05) is 6.20 Å². The lowest BCUT2D eigenvalue weighted by molar-refractivity contribution is -0.139. The summed E-state index contributed by atoms with van der Waals surface area (Å²) in [7, 11) is 0. The minimum absolute atomic E-state index is 0.0142. The Morgan fingerprint density at radius 2 is 1.72 bits per heavy atom. The van der Waals surface area contributed by atoms with E-state index in [-0.39, 0.29) is 10.9 Å². The van der Waals surface area contributed by atoms with Gasteiger partial charge in [-0.1, -0.05) is 0 Å². The summed E-state index contributed by atoms with van der Waals surface area (Å²) in [4.78, 5) is 57.0. The van der Waals surface area contributed by atoms with Crippen LogP contribution in [0.2, 0.25) is 0 Å². The maximum Gasteiger partial charge on any atom is 0.341 e. The van der Waals surface area contributed by atoms with E-state index in [4.69, 9.17) is 20.1 Å². The van der Waals surface area contributed by atoms with Crippen LogP contribution < -0.4 is 15.6 Å². The molecule has 3 N–H and O–H groups in total. The van der Waals surface area contributed by atoms with Gasteiger partial charge in [-0.25, -0.2) is 9.59 Å². The smallest absolute Gasteiger partial charge is 0.341 e. The van der Waals surface area contributed by atoms with E-state index < -0.39 is 53.2 Å². The number of carboxylic acid groups (broad SMARTS) is 3. The summed E-state index contributed by atoms with van der Waals surface area (Å²) in [6, 6.07) is 3.02. The van der Waals surface area contributed by atoms with Crippen LogP contribution in [0.4, 0.5) is 0 Å². The number of fused-ring (bicyclic) bond motifs is 1. The van der Waals surface area contributed by atoms with Crippen molar-refractivity contribution in [1.29, 1.82) is 0 Å². The van der Waals surface area contributed by atoms with Crippen LogP contribution in [0.1, 0.15) is 10.4 Å². The molecule has 2 aromatic rings. The zero-order chi connectivity index (χ0) is 18.7. The summed E-state index contributed by atoms with van der Waals surface area (Å²) in [5, 5.41) is 26.4. The van der Waals surface area contributed by atoms with Gasteiger partial charge >= 0.3 is 17.9 Å². The van der Waals surface area contributed by atoms with E-state index in [1.807, 2.05) is 0 Å². The highest BCUT2D eigenvalue weighted by atomic mass is 16.5. The number of carbonyl (C=O) groups is 3. The monoisotopic (exact) mass is 349 g/mol. The first-order valence-corrected chi connectivity index (χ1v) is 6.72. The zero-order valence-corrected chi connectivity index (χ0v) is 12.5. The van der Waals surface area contributed by atoms with Crippen molar-refractivity contribution in [2.45, 2.75) is 6.54 Å². The van der Waals surface area contributed by atoms with Gasteiger partial charge in [0.15, 0.2) is 12.4 Å². The predicted molar refractivity (Wildman–Crippen MR) is 82.2 cm³/mol. The van der Waals surface area contributed by atoms with Gasteiger partial charge in [0.2, 0.25) is 10.9 Å². The maximum atomic E-state index is 12.3. The summed E-state index contributed by atoms with van der Waals surface area (Å²) in [5.41, 5.74) is -2.42. The molecule has 130 valence electrons. The van der Waals surface area contributed by atoms with E-state index in [9.17, 15) is 24.0 Å². The molecule has 0 fully saturated rings. The number of hydrogen-bond donors (Lipinski definition) is 3. The predicted octanol–water partition coefficient (Wildman–Crippen LogP) is -0.392. The summed E-state index contributed by atoms with van der Waals surface area (Å²) in [6.45, 7) is -1.50. The average molecular weight is 349 g/mol. The van der Waals surface area contributed by atoms with E-state index >= 15 is 0 Å². The number of ether oxygens (including phenoxy) is 1. The molecule has 10 nitrogen and oxygen atoms in total. The fourth-order valence-electron chi connectivity index (χ4n) is 2.15. The summed E-state index contributed by atoms with van der Waals surface area (Å²) < 4.78 is 5.81. The van der Waals surface area contributed by atoms with Gasteiger partial charge in [-0.2, -0.15) is 0 Å². The molecular formula is C15H11NO9. The highest BCUT2D eigenvalue weighted by molar-refractivity contribution is 5.93. The first-order chi connectivity index (χ1) is 11.7. The quantitative estimate of drug-likeness (QED) is 0.630. The first kappa shape index (κ1) is 17.7. The lowest BCUT2D eigenvalue weighted by Gasteiger charge is -2.08. The molecule has 0 unspecified atom stereocenters. The number of aliphatic carboxylic acids is 2. The molecule has 0 spiro atoms. The van der Waals surface area contributed by atoms with Crippen molar-refractivity contribution in [3.63, 3.8) is 0 Å². The van der Waals surface area contributed by atoms with Crippen molar-refractivity contribution < 1.29 is 34.4 Å². The second-order valence-electron chi connectivity index (χ2n) is 4.89. The molecule has 0 atom stereocenters. The standard InChI is InChI=1S/C15H11NO9/c17-10-2-1-9-7(3-11(10)25-6-13(20)21)14(22)8(15(23)24)4-16(9)5-12(18)19/h1-4H,5-6H2,(H,18,19)(H,20,21)(H,23,24). The highest BCUT2D eigenvalue weighted by Crippen LogP contribution is 2.15. The number of hydrogen-bond acceptors (Lipinski definition) is 6. The Bertz CT molecular complexity index is 1010. The van der Waals surface area contributed by atoms with Crippen molar-refractivity contribution >= 4 is 28.8 Å². The van der Waals surface area contributed by atoms with Gasteiger partial charge < -0.3 is 24.6 Å². The molecule has 0 aliphatic heterocycles. The molecule has 1 aromatic heterocycles. The van der Waals surface area contributed by atoms with Crippen LogP contribution in [0.25, 0.3) is 10.9 Å². The molecule has 10 heteroatoms. The number of aromatic carboxylic acids is 1. The molecule has 0 amide bonds.